The highest BCUT2D eigenvalue weighted by Crippen LogP contribution is 2.30. The zero-order valence-electron chi connectivity index (χ0n) is 9.87. The average Bonchev–Trinajstić information content (AvgIpc) is 2.81. The molecule has 1 aliphatic heterocycles. The van der Waals surface area contributed by atoms with Crippen LogP contribution in [0.5, 0.6) is 0 Å². The molecule has 0 amide bonds. The minimum Gasteiger partial charge on any atom is -0.360 e. The first-order chi connectivity index (χ1) is 8.78. The van der Waals surface area contributed by atoms with Crippen molar-refractivity contribution in [2.24, 2.45) is 0 Å². The van der Waals surface area contributed by atoms with Crippen molar-refractivity contribution in [3.63, 3.8) is 0 Å². The Morgan fingerprint density at radius 1 is 1.06 bits per heavy atom. The fourth-order valence-electron chi connectivity index (χ4n) is 2.39. The first kappa shape index (κ1) is 11.5. The van der Waals surface area contributed by atoms with E-state index in [1.165, 1.54) is 17.2 Å². The molecule has 0 spiro atoms. The van der Waals surface area contributed by atoms with Crippen molar-refractivity contribution < 1.29 is 4.39 Å². The van der Waals surface area contributed by atoms with Crippen LogP contribution < -0.4 is 4.90 Å². The van der Waals surface area contributed by atoms with E-state index in [4.69, 9.17) is 11.6 Å². The number of nitrogens with zero attached hydrogens (tertiary/aromatic N) is 1. The van der Waals surface area contributed by atoms with Gasteiger partial charge in [0.1, 0.15) is 5.82 Å². The van der Waals surface area contributed by atoms with Crippen LogP contribution in [-0.2, 0) is 19.0 Å². The Morgan fingerprint density at radius 2 is 1.72 bits per heavy atom. The number of hydrogen-bond donors (Lipinski definition) is 0. The van der Waals surface area contributed by atoms with Gasteiger partial charge in [0.25, 0.3) is 0 Å². The van der Waals surface area contributed by atoms with E-state index in [-0.39, 0.29) is 5.82 Å². The van der Waals surface area contributed by atoms with Gasteiger partial charge in [-0.25, -0.2) is 4.39 Å². The molecule has 92 valence electrons. The summed E-state index contributed by atoms with van der Waals surface area (Å²) < 4.78 is 14.0. The molecule has 3 heteroatoms. The maximum absolute atomic E-state index is 14.0. The van der Waals surface area contributed by atoms with Crippen LogP contribution in [0.2, 0.25) is 0 Å². The van der Waals surface area contributed by atoms with Crippen molar-refractivity contribution in [2.45, 2.75) is 19.0 Å². The van der Waals surface area contributed by atoms with Gasteiger partial charge in [0.2, 0.25) is 0 Å². The molecule has 0 unspecified atom stereocenters. The van der Waals surface area contributed by atoms with Gasteiger partial charge in [0.05, 0.1) is 5.69 Å². The van der Waals surface area contributed by atoms with Crippen molar-refractivity contribution >= 4 is 17.3 Å². The van der Waals surface area contributed by atoms with Crippen molar-refractivity contribution in [1.82, 2.24) is 0 Å². The van der Waals surface area contributed by atoms with Gasteiger partial charge in [-0.3, -0.25) is 0 Å². The zero-order valence-corrected chi connectivity index (χ0v) is 10.6. The Balaban J connectivity index is 1.90. The highest BCUT2D eigenvalue weighted by atomic mass is 35.5. The molecule has 0 aromatic heterocycles. The molecular weight excluding hydrogens is 249 g/mol. The highest BCUT2D eigenvalue weighted by molar-refractivity contribution is 6.17. The highest BCUT2D eigenvalue weighted by Gasteiger charge is 2.20. The topological polar surface area (TPSA) is 3.24 Å². The second-order valence-electron chi connectivity index (χ2n) is 4.54. The maximum atomic E-state index is 14.0. The second kappa shape index (κ2) is 4.62. The molecular formula is C15H13ClFN. The Kier molecular flexibility index (Phi) is 2.96. The summed E-state index contributed by atoms with van der Waals surface area (Å²) in [5.41, 5.74) is 4.02. The first-order valence-corrected chi connectivity index (χ1v) is 6.47. The predicted octanol–water partition coefficient (Wildman–Crippen LogP) is 4.08. The van der Waals surface area contributed by atoms with E-state index in [2.05, 4.69) is 17.0 Å². The van der Waals surface area contributed by atoms with Gasteiger partial charge in [-0.15, -0.1) is 11.6 Å². The number of anilines is 1. The molecule has 1 aliphatic rings. The third-order valence-corrected chi connectivity index (χ3v) is 3.66. The summed E-state index contributed by atoms with van der Waals surface area (Å²) in [4.78, 5) is 2.05. The maximum Gasteiger partial charge on any atom is 0.146 e. The van der Waals surface area contributed by atoms with E-state index in [1.807, 2.05) is 24.3 Å². The van der Waals surface area contributed by atoms with E-state index in [0.29, 0.717) is 11.6 Å². The van der Waals surface area contributed by atoms with Crippen LogP contribution in [0, 0.1) is 5.82 Å². The van der Waals surface area contributed by atoms with E-state index in [0.717, 1.165) is 18.7 Å². The van der Waals surface area contributed by atoms with Gasteiger partial charge < -0.3 is 4.90 Å². The quantitative estimate of drug-likeness (QED) is 0.736. The molecule has 18 heavy (non-hydrogen) atoms. The summed E-state index contributed by atoms with van der Waals surface area (Å²) in [6, 6.07) is 13.5. The van der Waals surface area contributed by atoms with Gasteiger partial charge >= 0.3 is 0 Å². The van der Waals surface area contributed by atoms with E-state index in [1.54, 1.807) is 0 Å². The van der Waals surface area contributed by atoms with Crippen molar-refractivity contribution in [1.29, 1.82) is 0 Å². The van der Waals surface area contributed by atoms with E-state index < -0.39 is 0 Å². The van der Waals surface area contributed by atoms with E-state index in [9.17, 15) is 4.39 Å². The molecule has 0 radical (unpaired) electrons. The zero-order chi connectivity index (χ0) is 12.5. The number of fused-ring (bicyclic) bond motifs is 1. The van der Waals surface area contributed by atoms with Crippen molar-refractivity contribution in [3.05, 3.63) is 65.0 Å². The Morgan fingerprint density at radius 3 is 2.28 bits per heavy atom. The lowest BCUT2D eigenvalue weighted by molar-refractivity contribution is 0.618. The van der Waals surface area contributed by atoms with Crippen LogP contribution in [0.1, 0.15) is 16.7 Å². The van der Waals surface area contributed by atoms with Crippen LogP contribution in [0.25, 0.3) is 0 Å². The molecule has 0 bridgehead atoms. The SMILES string of the molecule is Fc1cc(CCl)ccc1N1Cc2ccccc2C1. The number of hydrogen-bond acceptors (Lipinski definition) is 1. The van der Waals surface area contributed by atoms with Crippen LogP contribution in [0.3, 0.4) is 0 Å². The van der Waals surface area contributed by atoms with E-state index >= 15 is 0 Å². The van der Waals surface area contributed by atoms with Crippen LogP contribution in [-0.4, -0.2) is 0 Å². The lowest BCUT2D eigenvalue weighted by atomic mass is 10.1. The lowest BCUT2D eigenvalue weighted by Crippen LogP contribution is -2.16. The smallest absolute Gasteiger partial charge is 0.146 e. The molecule has 2 aromatic carbocycles. The summed E-state index contributed by atoms with van der Waals surface area (Å²) in [5.74, 6) is 0.151. The normalized spacial score (nSPS) is 13.8. The molecule has 0 aliphatic carbocycles. The molecule has 0 saturated heterocycles. The Hall–Kier alpha value is -1.54. The number of alkyl halides is 1. The summed E-state index contributed by atoms with van der Waals surface area (Å²) in [6.07, 6.45) is 0. The molecule has 2 aromatic rings. The lowest BCUT2D eigenvalue weighted by Gasteiger charge is -2.18. The molecule has 1 heterocycles. The third kappa shape index (κ3) is 1.97. The average molecular weight is 262 g/mol. The third-order valence-electron chi connectivity index (χ3n) is 3.35. The Bertz CT molecular complexity index is 557. The summed E-state index contributed by atoms with van der Waals surface area (Å²) >= 11 is 5.70. The Labute approximate surface area is 111 Å². The first-order valence-electron chi connectivity index (χ1n) is 5.94. The largest absolute Gasteiger partial charge is 0.360 e. The van der Waals surface area contributed by atoms with Gasteiger partial charge in [-0.2, -0.15) is 0 Å². The summed E-state index contributed by atoms with van der Waals surface area (Å²) in [7, 11) is 0. The summed E-state index contributed by atoms with van der Waals surface area (Å²) in [5, 5.41) is 0. The van der Waals surface area contributed by atoms with Gasteiger partial charge in [-0.1, -0.05) is 30.3 Å². The van der Waals surface area contributed by atoms with Crippen LogP contribution in [0.15, 0.2) is 42.5 Å². The standard InChI is InChI=1S/C15H13ClFN/c16-8-11-5-6-15(14(17)7-11)18-9-12-3-1-2-4-13(12)10-18/h1-7H,8-10H2. The van der Waals surface area contributed by atoms with Gasteiger partial charge in [0.15, 0.2) is 0 Å². The van der Waals surface area contributed by atoms with Crippen molar-refractivity contribution in [3.8, 4) is 0 Å². The molecule has 0 N–H and O–H groups in total. The minimum absolute atomic E-state index is 0.194. The predicted molar refractivity (Wildman–Crippen MR) is 72.3 cm³/mol. The molecule has 1 nitrogen and oxygen atoms in total. The summed E-state index contributed by atoms with van der Waals surface area (Å²) in [6.45, 7) is 1.54. The molecule has 3 rings (SSSR count). The second-order valence-corrected chi connectivity index (χ2v) is 4.81. The monoisotopic (exact) mass is 261 g/mol. The van der Waals surface area contributed by atoms with Gasteiger partial charge in [-0.05, 0) is 28.8 Å². The fourth-order valence-corrected chi connectivity index (χ4v) is 2.56. The molecule has 0 atom stereocenters. The van der Waals surface area contributed by atoms with Crippen LogP contribution in [0.4, 0.5) is 10.1 Å². The number of benzene rings is 2. The number of halogens is 2. The molecule has 0 fully saturated rings. The minimum atomic E-state index is -0.194. The van der Waals surface area contributed by atoms with Crippen molar-refractivity contribution in [2.75, 3.05) is 4.90 Å². The van der Waals surface area contributed by atoms with Gasteiger partial charge in [0, 0.05) is 19.0 Å². The fraction of sp³-hybridized carbons (Fsp3) is 0.200. The number of rotatable bonds is 2. The molecule has 0 saturated carbocycles. The van der Waals surface area contributed by atoms with Crippen LogP contribution >= 0.6 is 11.6 Å².